The summed E-state index contributed by atoms with van der Waals surface area (Å²) in [5.41, 5.74) is 0.360. The van der Waals surface area contributed by atoms with Crippen molar-refractivity contribution in [3.05, 3.63) is 48.5 Å². The molecule has 0 spiro atoms. The van der Waals surface area contributed by atoms with Crippen LogP contribution < -0.4 is 10.1 Å². The van der Waals surface area contributed by atoms with Crippen molar-refractivity contribution in [2.75, 3.05) is 31.6 Å². The van der Waals surface area contributed by atoms with Crippen LogP contribution in [-0.2, 0) is 19.6 Å². The van der Waals surface area contributed by atoms with Gasteiger partial charge in [0.25, 0.3) is 0 Å². The van der Waals surface area contributed by atoms with Crippen LogP contribution in [0.1, 0.15) is 32.1 Å². The highest BCUT2D eigenvalue weighted by atomic mass is 32.2. The van der Waals surface area contributed by atoms with Crippen LogP contribution in [0, 0.1) is 5.92 Å². The van der Waals surface area contributed by atoms with Gasteiger partial charge < -0.3 is 14.8 Å². The molecule has 31 heavy (non-hydrogen) atoms. The minimum absolute atomic E-state index is 0.145. The van der Waals surface area contributed by atoms with Gasteiger partial charge in [0.2, 0.25) is 15.9 Å². The molecule has 2 aliphatic heterocycles. The Balaban J connectivity index is 1.63. The Morgan fingerprint density at radius 1 is 1.00 bits per heavy atom. The summed E-state index contributed by atoms with van der Waals surface area (Å²) in [7, 11) is -3.63. The van der Waals surface area contributed by atoms with Crippen molar-refractivity contribution in [1.29, 1.82) is 0 Å². The molecule has 0 aliphatic carbocycles. The number of amides is 1. The second-order valence-electron chi connectivity index (χ2n) is 7.91. The molecule has 1 N–H and O–H groups in total. The molecule has 2 heterocycles. The number of rotatable bonds is 6. The molecule has 1 amide bonds. The van der Waals surface area contributed by atoms with Gasteiger partial charge in [-0.05, 0) is 56.0 Å². The summed E-state index contributed by atoms with van der Waals surface area (Å²) in [6.07, 6.45) is 4.06. The number of hydrogen-bond acceptors (Lipinski definition) is 5. The second-order valence-corrected chi connectivity index (χ2v) is 9.85. The summed E-state index contributed by atoms with van der Waals surface area (Å²) < 4.78 is 39.1. The average molecular weight is 445 g/mol. The molecule has 0 saturated carbocycles. The Kier molecular flexibility index (Phi) is 6.89. The zero-order valence-corrected chi connectivity index (χ0v) is 18.3. The zero-order chi connectivity index (χ0) is 21.7. The van der Waals surface area contributed by atoms with Crippen molar-refractivity contribution in [2.24, 2.45) is 5.92 Å². The lowest BCUT2D eigenvalue weighted by molar-refractivity contribution is -0.122. The van der Waals surface area contributed by atoms with Crippen molar-refractivity contribution in [3.8, 4) is 11.5 Å². The smallest absolute Gasteiger partial charge is 0.243 e. The van der Waals surface area contributed by atoms with Gasteiger partial charge in [0.1, 0.15) is 5.75 Å². The van der Waals surface area contributed by atoms with Crippen LogP contribution in [0.4, 0.5) is 5.69 Å². The number of nitrogens with one attached hydrogen (secondary N) is 1. The molecule has 4 rings (SSSR count). The predicted octanol–water partition coefficient (Wildman–Crippen LogP) is 4.02. The SMILES string of the molecule is O=C(Nc1cc(S(=O)(=O)N2CCCCC2)ccc1Oc1ccccc1)C1CCOCC1. The summed E-state index contributed by atoms with van der Waals surface area (Å²) in [5.74, 6) is 0.703. The van der Waals surface area contributed by atoms with Gasteiger partial charge in [-0.3, -0.25) is 4.79 Å². The molecule has 0 radical (unpaired) electrons. The number of anilines is 1. The maximum absolute atomic E-state index is 13.2. The Bertz CT molecular complexity index is 998. The highest BCUT2D eigenvalue weighted by Crippen LogP contribution is 2.34. The lowest BCUT2D eigenvalue weighted by Crippen LogP contribution is -2.35. The van der Waals surface area contributed by atoms with Gasteiger partial charge in [-0.2, -0.15) is 4.31 Å². The summed E-state index contributed by atoms with van der Waals surface area (Å²) in [4.78, 5) is 13.0. The monoisotopic (exact) mass is 444 g/mol. The van der Waals surface area contributed by atoms with Crippen molar-refractivity contribution < 1.29 is 22.7 Å². The number of nitrogens with zero attached hydrogens (tertiary/aromatic N) is 1. The van der Waals surface area contributed by atoms with E-state index in [1.807, 2.05) is 30.3 Å². The fourth-order valence-corrected chi connectivity index (χ4v) is 5.46. The van der Waals surface area contributed by atoms with Gasteiger partial charge in [-0.1, -0.05) is 24.6 Å². The number of ether oxygens (including phenoxy) is 2. The highest BCUT2D eigenvalue weighted by Gasteiger charge is 2.28. The van der Waals surface area contributed by atoms with Crippen LogP contribution in [0.5, 0.6) is 11.5 Å². The summed E-state index contributed by atoms with van der Waals surface area (Å²) in [6, 6.07) is 13.9. The third kappa shape index (κ3) is 5.26. The first-order valence-electron chi connectivity index (χ1n) is 10.8. The van der Waals surface area contributed by atoms with Crippen LogP contribution >= 0.6 is 0 Å². The van der Waals surface area contributed by atoms with Gasteiger partial charge >= 0.3 is 0 Å². The summed E-state index contributed by atoms with van der Waals surface area (Å²) in [5, 5.41) is 2.91. The molecule has 0 aromatic heterocycles. The van der Waals surface area contributed by atoms with E-state index in [-0.39, 0.29) is 16.7 Å². The first-order chi connectivity index (χ1) is 15.0. The minimum Gasteiger partial charge on any atom is -0.455 e. The van der Waals surface area contributed by atoms with Crippen LogP contribution in [0.25, 0.3) is 0 Å². The number of sulfonamides is 1. The largest absolute Gasteiger partial charge is 0.455 e. The van der Waals surface area contributed by atoms with Crippen LogP contribution in [-0.4, -0.2) is 44.9 Å². The number of para-hydroxylation sites is 1. The van der Waals surface area contributed by atoms with E-state index in [4.69, 9.17) is 9.47 Å². The van der Waals surface area contributed by atoms with Crippen LogP contribution in [0.3, 0.4) is 0 Å². The summed E-state index contributed by atoms with van der Waals surface area (Å²) in [6.45, 7) is 2.15. The van der Waals surface area contributed by atoms with E-state index in [9.17, 15) is 13.2 Å². The van der Waals surface area contributed by atoms with E-state index in [2.05, 4.69) is 5.32 Å². The van der Waals surface area contributed by atoms with Gasteiger partial charge in [0.15, 0.2) is 5.75 Å². The van der Waals surface area contributed by atoms with E-state index in [0.717, 1.165) is 19.3 Å². The molecule has 0 bridgehead atoms. The van der Waals surface area contributed by atoms with Gasteiger partial charge in [0.05, 0.1) is 10.6 Å². The van der Waals surface area contributed by atoms with Gasteiger partial charge in [-0.15, -0.1) is 0 Å². The molecule has 0 unspecified atom stereocenters. The Morgan fingerprint density at radius 2 is 1.71 bits per heavy atom. The molecular weight excluding hydrogens is 416 g/mol. The Labute approximate surface area is 183 Å². The van der Waals surface area contributed by atoms with E-state index in [1.54, 1.807) is 12.1 Å². The van der Waals surface area contributed by atoms with E-state index < -0.39 is 10.0 Å². The standard InChI is InChI=1S/C23H28N2O5S/c26-23(18-11-15-29-16-12-18)24-21-17-20(31(27,28)25-13-5-2-6-14-25)9-10-22(21)30-19-7-3-1-4-8-19/h1,3-4,7-10,17-18H,2,5-6,11-16H2,(H,24,26). The van der Waals surface area contributed by atoms with Gasteiger partial charge in [-0.25, -0.2) is 8.42 Å². The van der Waals surface area contributed by atoms with Crippen molar-refractivity contribution in [3.63, 3.8) is 0 Å². The lowest BCUT2D eigenvalue weighted by Gasteiger charge is -2.26. The number of hydrogen-bond donors (Lipinski definition) is 1. The van der Waals surface area contributed by atoms with E-state index in [1.165, 1.54) is 10.4 Å². The van der Waals surface area contributed by atoms with Crippen molar-refractivity contribution in [1.82, 2.24) is 4.31 Å². The van der Waals surface area contributed by atoms with Crippen molar-refractivity contribution in [2.45, 2.75) is 37.0 Å². The quantitative estimate of drug-likeness (QED) is 0.727. The van der Waals surface area contributed by atoms with E-state index >= 15 is 0 Å². The molecule has 8 heteroatoms. The highest BCUT2D eigenvalue weighted by molar-refractivity contribution is 7.89. The van der Waals surface area contributed by atoms with Crippen molar-refractivity contribution >= 4 is 21.6 Å². The Hall–Kier alpha value is -2.42. The first-order valence-corrected chi connectivity index (χ1v) is 12.2. The molecule has 7 nitrogen and oxygen atoms in total. The molecule has 0 atom stereocenters. The van der Waals surface area contributed by atoms with Crippen LogP contribution in [0.15, 0.2) is 53.4 Å². The molecule has 2 aromatic carbocycles. The van der Waals surface area contributed by atoms with Crippen LogP contribution in [0.2, 0.25) is 0 Å². The lowest BCUT2D eigenvalue weighted by atomic mass is 9.99. The maximum Gasteiger partial charge on any atom is 0.243 e. The molecule has 166 valence electrons. The second kappa shape index (κ2) is 9.80. The average Bonchev–Trinajstić information content (AvgIpc) is 2.82. The normalized spacial score (nSPS) is 18.5. The third-order valence-electron chi connectivity index (χ3n) is 5.72. The fraction of sp³-hybridized carbons (Fsp3) is 0.435. The first kappa shape index (κ1) is 21.8. The predicted molar refractivity (Wildman–Crippen MR) is 118 cm³/mol. The number of carbonyl (C=O) groups excluding carboxylic acids is 1. The molecule has 2 aromatic rings. The van der Waals surface area contributed by atoms with Gasteiger partial charge in [0, 0.05) is 32.2 Å². The zero-order valence-electron chi connectivity index (χ0n) is 17.5. The number of benzene rings is 2. The Morgan fingerprint density at radius 3 is 2.42 bits per heavy atom. The topological polar surface area (TPSA) is 84.9 Å². The maximum atomic E-state index is 13.2. The third-order valence-corrected chi connectivity index (χ3v) is 7.62. The van der Waals surface area contributed by atoms with E-state index in [0.29, 0.717) is 56.3 Å². The minimum atomic E-state index is -3.63. The fourth-order valence-electron chi connectivity index (χ4n) is 3.92. The molecule has 2 aliphatic rings. The molecule has 2 fully saturated rings. The molecule has 2 saturated heterocycles. The number of piperidine rings is 1. The number of carbonyl (C=O) groups is 1. The summed E-state index contributed by atoms with van der Waals surface area (Å²) >= 11 is 0. The molecular formula is C23H28N2O5S.